The number of piperidine rings is 1. The number of rotatable bonds is 3. The number of amides is 1. The van der Waals surface area contributed by atoms with Gasteiger partial charge in [-0.25, -0.2) is 14.8 Å². The fourth-order valence-corrected chi connectivity index (χ4v) is 2.10. The molecule has 0 aromatic carbocycles. The molecule has 16 heavy (non-hydrogen) atoms. The van der Waals surface area contributed by atoms with Crippen LogP contribution in [0, 0.1) is 0 Å². The molecule has 1 aliphatic rings. The van der Waals surface area contributed by atoms with Gasteiger partial charge in [0.15, 0.2) is 0 Å². The number of ether oxygens (including phenoxy) is 1. The van der Waals surface area contributed by atoms with E-state index >= 15 is 0 Å². The van der Waals surface area contributed by atoms with Gasteiger partial charge in [-0.1, -0.05) is 0 Å². The maximum Gasteiger partial charge on any atom is 0.409 e. The molecule has 1 N–H and O–H groups in total. The summed E-state index contributed by atoms with van der Waals surface area (Å²) >= 11 is 0. The third-order valence-electron chi connectivity index (χ3n) is 2.64. The molecule has 0 aromatic heterocycles. The fourth-order valence-electron chi connectivity index (χ4n) is 1.52. The molecule has 0 saturated carbocycles. The molecule has 0 spiro atoms. The van der Waals surface area contributed by atoms with Crippen LogP contribution < -0.4 is 0 Å². The predicted octanol–water partition coefficient (Wildman–Crippen LogP) is 1.27. The zero-order valence-corrected chi connectivity index (χ0v) is 11.3. The van der Waals surface area contributed by atoms with Gasteiger partial charge < -0.3 is 14.7 Å². The molecule has 0 aliphatic carbocycles. The van der Waals surface area contributed by atoms with E-state index in [9.17, 15) is 9.90 Å². The number of likely N-dealkylation sites (tertiary alicyclic amines) is 1. The molecule has 0 unspecified atom stereocenters. The van der Waals surface area contributed by atoms with E-state index in [1.807, 2.05) is 0 Å². The first-order chi connectivity index (χ1) is 7.38. The smallest absolute Gasteiger partial charge is 0.409 e. The molecule has 0 bridgehead atoms. The van der Waals surface area contributed by atoms with Crippen LogP contribution in [0.2, 0.25) is 0 Å². The largest absolute Gasteiger partial charge is 0.449 e. The highest BCUT2D eigenvalue weighted by molar-refractivity contribution is 8.32. The Morgan fingerprint density at radius 1 is 1.38 bits per heavy atom. The van der Waals surface area contributed by atoms with Crippen molar-refractivity contribution in [2.24, 2.45) is 0 Å². The lowest BCUT2D eigenvalue weighted by Gasteiger charge is -2.30. The number of carbonyl (C=O) groups is 1. The first-order valence-electron chi connectivity index (χ1n) is 5.64. The Balaban J connectivity index is 2.20. The summed E-state index contributed by atoms with van der Waals surface area (Å²) in [4.78, 5) is 13.3. The van der Waals surface area contributed by atoms with Crippen molar-refractivity contribution in [3.63, 3.8) is 0 Å². The van der Waals surface area contributed by atoms with Crippen molar-refractivity contribution in [3.05, 3.63) is 0 Å². The van der Waals surface area contributed by atoms with Gasteiger partial charge in [0, 0.05) is 18.8 Å². The van der Waals surface area contributed by atoms with Crippen molar-refractivity contribution < 1.29 is 14.6 Å². The van der Waals surface area contributed by atoms with Crippen molar-refractivity contribution in [2.45, 2.75) is 18.9 Å². The van der Waals surface area contributed by atoms with Crippen molar-refractivity contribution in [1.29, 1.82) is 0 Å². The van der Waals surface area contributed by atoms with E-state index in [1.54, 1.807) is 4.90 Å². The lowest BCUT2D eigenvalue weighted by atomic mass is 10.1. The molecule has 0 aromatic rings. The first kappa shape index (κ1) is 13.6. The van der Waals surface area contributed by atoms with Gasteiger partial charge in [0.25, 0.3) is 0 Å². The molecule has 1 rings (SSSR count). The van der Waals surface area contributed by atoms with Gasteiger partial charge in [-0.05, 0) is 31.6 Å². The SMILES string of the molecule is CS(C)(C)CCOC(=O)N1CCC(O)CC1. The lowest BCUT2D eigenvalue weighted by molar-refractivity contribution is 0.0618. The Labute approximate surface area is 99.3 Å². The monoisotopic (exact) mass is 249 g/mol. The van der Waals surface area contributed by atoms with Gasteiger partial charge in [-0.3, -0.25) is 0 Å². The third kappa shape index (κ3) is 5.07. The fraction of sp³-hybridized carbons (Fsp3) is 0.909. The molecule has 0 atom stereocenters. The molecule has 1 aliphatic heterocycles. The number of carbonyl (C=O) groups excluding carboxylic acids is 1. The third-order valence-corrected chi connectivity index (χ3v) is 4.04. The van der Waals surface area contributed by atoms with Crippen LogP contribution in [-0.2, 0) is 4.74 Å². The molecule has 96 valence electrons. The molecule has 1 heterocycles. The molecule has 1 fully saturated rings. The second kappa shape index (κ2) is 5.77. The van der Waals surface area contributed by atoms with Crippen LogP contribution in [0.15, 0.2) is 0 Å². The molecule has 1 amide bonds. The van der Waals surface area contributed by atoms with Crippen molar-refractivity contribution in [2.75, 3.05) is 44.2 Å². The van der Waals surface area contributed by atoms with Crippen molar-refractivity contribution in [3.8, 4) is 0 Å². The van der Waals surface area contributed by atoms with Gasteiger partial charge in [0.05, 0.1) is 6.10 Å². The van der Waals surface area contributed by atoms with E-state index in [4.69, 9.17) is 4.74 Å². The van der Waals surface area contributed by atoms with Crippen LogP contribution in [0.5, 0.6) is 0 Å². The summed E-state index contributed by atoms with van der Waals surface area (Å²) in [5, 5.41) is 9.32. The van der Waals surface area contributed by atoms with Crippen LogP contribution in [-0.4, -0.2) is 66.4 Å². The molecule has 0 radical (unpaired) electrons. The average Bonchev–Trinajstić information content (AvgIpc) is 2.16. The maximum absolute atomic E-state index is 11.6. The number of hydrogen-bond acceptors (Lipinski definition) is 3. The van der Waals surface area contributed by atoms with Crippen LogP contribution in [0.4, 0.5) is 4.79 Å². The molecular weight excluding hydrogens is 226 g/mol. The summed E-state index contributed by atoms with van der Waals surface area (Å²) in [6.45, 7) is 1.74. The van der Waals surface area contributed by atoms with E-state index in [0.29, 0.717) is 32.5 Å². The van der Waals surface area contributed by atoms with Crippen LogP contribution in [0.1, 0.15) is 12.8 Å². The summed E-state index contributed by atoms with van der Waals surface area (Å²) in [6, 6.07) is 0. The quantitative estimate of drug-likeness (QED) is 0.819. The lowest BCUT2D eigenvalue weighted by Crippen LogP contribution is -2.40. The second-order valence-corrected chi connectivity index (χ2v) is 9.72. The molecule has 4 nitrogen and oxygen atoms in total. The Bertz CT molecular complexity index is 232. The summed E-state index contributed by atoms with van der Waals surface area (Å²) in [5.74, 6) is 0.954. The minimum atomic E-state index is -0.595. The maximum atomic E-state index is 11.6. The van der Waals surface area contributed by atoms with E-state index in [-0.39, 0.29) is 12.2 Å². The number of nitrogens with zero attached hydrogens (tertiary/aromatic N) is 1. The van der Waals surface area contributed by atoms with Gasteiger partial charge in [0.1, 0.15) is 6.61 Å². The summed E-state index contributed by atoms with van der Waals surface area (Å²) in [5.41, 5.74) is 0. The van der Waals surface area contributed by atoms with Crippen LogP contribution in [0.25, 0.3) is 0 Å². The highest BCUT2D eigenvalue weighted by Gasteiger charge is 2.22. The summed E-state index contributed by atoms with van der Waals surface area (Å²) in [7, 11) is -0.595. The summed E-state index contributed by atoms with van der Waals surface area (Å²) < 4.78 is 5.22. The Morgan fingerprint density at radius 3 is 2.44 bits per heavy atom. The minimum Gasteiger partial charge on any atom is -0.449 e. The first-order valence-corrected chi connectivity index (χ1v) is 8.67. The van der Waals surface area contributed by atoms with Crippen molar-refractivity contribution in [1.82, 2.24) is 4.90 Å². The minimum absolute atomic E-state index is 0.226. The van der Waals surface area contributed by atoms with Gasteiger partial charge >= 0.3 is 6.09 Å². The normalized spacial score (nSPS) is 19.6. The summed E-state index contributed by atoms with van der Waals surface area (Å²) in [6.07, 6.45) is 7.48. The predicted molar refractivity (Wildman–Crippen MR) is 68.4 cm³/mol. The van der Waals surface area contributed by atoms with Gasteiger partial charge in [-0.2, -0.15) is 0 Å². The Morgan fingerprint density at radius 2 is 1.94 bits per heavy atom. The van der Waals surface area contributed by atoms with E-state index in [2.05, 4.69) is 18.8 Å². The van der Waals surface area contributed by atoms with Crippen LogP contribution in [0.3, 0.4) is 0 Å². The number of aliphatic hydroxyl groups excluding tert-OH is 1. The van der Waals surface area contributed by atoms with E-state index in [1.165, 1.54) is 0 Å². The van der Waals surface area contributed by atoms with Crippen LogP contribution >= 0.6 is 10.0 Å². The Hall–Kier alpha value is -0.420. The average molecular weight is 249 g/mol. The number of aliphatic hydroxyl groups is 1. The zero-order valence-electron chi connectivity index (χ0n) is 10.4. The van der Waals surface area contributed by atoms with Crippen molar-refractivity contribution >= 4 is 16.1 Å². The molecule has 1 saturated heterocycles. The molecule has 5 heteroatoms. The van der Waals surface area contributed by atoms with E-state index < -0.39 is 10.0 Å². The zero-order chi connectivity index (χ0) is 12.2. The van der Waals surface area contributed by atoms with Gasteiger partial charge in [0.2, 0.25) is 0 Å². The standard InChI is InChI=1S/C11H23NO3S/c1-16(2,3)9-8-15-11(14)12-6-4-10(13)5-7-12/h10,13H,4-9H2,1-3H3. The second-order valence-electron chi connectivity index (χ2n) is 5.13. The topological polar surface area (TPSA) is 49.8 Å². The highest BCUT2D eigenvalue weighted by atomic mass is 32.3. The highest BCUT2D eigenvalue weighted by Crippen LogP contribution is 2.33. The van der Waals surface area contributed by atoms with Gasteiger partial charge in [-0.15, -0.1) is 0 Å². The Kier molecular flexibility index (Phi) is 4.92. The number of hydrogen-bond donors (Lipinski definition) is 1. The van der Waals surface area contributed by atoms with E-state index in [0.717, 1.165) is 5.75 Å². The molecular formula is C11H23NO3S.